The van der Waals surface area contributed by atoms with E-state index >= 15 is 0 Å². The predicted octanol–water partition coefficient (Wildman–Crippen LogP) is 4.01. The van der Waals surface area contributed by atoms with Crippen LogP contribution in [0.25, 0.3) is 0 Å². The number of rotatable bonds is 6. The minimum Gasteiger partial charge on any atom is -0.308 e. The van der Waals surface area contributed by atoms with E-state index in [1.54, 1.807) is 11.3 Å². The fraction of sp³-hybridized carbons (Fsp3) is 0.400. The van der Waals surface area contributed by atoms with E-state index in [0.29, 0.717) is 12.0 Å². The van der Waals surface area contributed by atoms with Crippen molar-refractivity contribution in [2.75, 3.05) is 6.54 Å². The van der Waals surface area contributed by atoms with E-state index in [4.69, 9.17) is 0 Å². The van der Waals surface area contributed by atoms with E-state index in [1.165, 1.54) is 12.1 Å². The summed E-state index contributed by atoms with van der Waals surface area (Å²) in [5.41, 5.74) is 1.43. The summed E-state index contributed by atoms with van der Waals surface area (Å²) in [7, 11) is 0. The average Bonchev–Trinajstić information content (AvgIpc) is 2.83. The molecule has 0 saturated carbocycles. The number of nitrogens with zero attached hydrogens (tertiary/aromatic N) is 1. The molecule has 2 nitrogen and oxygen atoms in total. The van der Waals surface area contributed by atoms with Crippen molar-refractivity contribution in [3.05, 3.63) is 51.5 Å². The first kappa shape index (κ1) is 15.1. The van der Waals surface area contributed by atoms with Gasteiger partial charge in [-0.1, -0.05) is 13.0 Å². The van der Waals surface area contributed by atoms with Gasteiger partial charge in [0, 0.05) is 11.4 Å². The third-order valence-corrected chi connectivity index (χ3v) is 3.87. The number of aromatic nitrogens is 1. The number of halogens is 2. The minimum absolute atomic E-state index is 0.0418. The maximum atomic E-state index is 13.8. The van der Waals surface area contributed by atoms with E-state index in [2.05, 4.69) is 17.2 Å². The topological polar surface area (TPSA) is 24.9 Å². The second kappa shape index (κ2) is 6.90. The summed E-state index contributed by atoms with van der Waals surface area (Å²) in [6.07, 6.45) is 1.46. The molecule has 1 atom stereocenters. The van der Waals surface area contributed by atoms with Gasteiger partial charge in [0.1, 0.15) is 11.6 Å². The Morgan fingerprint density at radius 2 is 2.15 bits per heavy atom. The lowest BCUT2D eigenvalue weighted by Gasteiger charge is -2.17. The Morgan fingerprint density at radius 1 is 1.35 bits per heavy atom. The highest BCUT2D eigenvalue weighted by Crippen LogP contribution is 2.22. The van der Waals surface area contributed by atoms with Crippen molar-refractivity contribution in [3.8, 4) is 0 Å². The van der Waals surface area contributed by atoms with Crippen LogP contribution in [0.1, 0.15) is 35.7 Å². The third kappa shape index (κ3) is 3.84. The molecule has 0 aliphatic rings. The van der Waals surface area contributed by atoms with Gasteiger partial charge in [0.15, 0.2) is 0 Å². The lowest BCUT2D eigenvalue weighted by molar-refractivity contribution is 0.501. The SMILES string of the molecule is CCCNC(Cc1ccc(F)cc1F)c1csc(C)n1. The molecular weight excluding hydrogens is 278 g/mol. The largest absolute Gasteiger partial charge is 0.308 e. The molecule has 20 heavy (non-hydrogen) atoms. The molecule has 1 aromatic carbocycles. The first-order chi connectivity index (χ1) is 9.60. The summed E-state index contributed by atoms with van der Waals surface area (Å²) in [5, 5.41) is 6.35. The van der Waals surface area contributed by atoms with Crippen LogP contribution >= 0.6 is 11.3 Å². The Balaban J connectivity index is 2.18. The maximum absolute atomic E-state index is 13.8. The molecule has 1 aromatic heterocycles. The lowest BCUT2D eigenvalue weighted by atomic mass is 10.0. The fourth-order valence-corrected chi connectivity index (χ4v) is 2.71. The van der Waals surface area contributed by atoms with Crippen molar-refractivity contribution in [1.82, 2.24) is 10.3 Å². The van der Waals surface area contributed by atoms with Crippen molar-refractivity contribution in [2.24, 2.45) is 0 Å². The number of thiazole rings is 1. The zero-order valence-electron chi connectivity index (χ0n) is 11.6. The maximum Gasteiger partial charge on any atom is 0.129 e. The van der Waals surface area contributed by atoms with E-state index in [9.17, 15) is 8.78 Å². The molecule has 0 aliphatic heterocycles. The highest BCUT2D eigenvalue weighted by atomic mass is 32.1. The summed E-state index contributed by atoms with van der Waals surface area (Å²) >= 11 is 1.58. The van der Waals surface area contributed by atoms with Gasteiger partial charge in [0.2, 0.25) is 0 Å². The molecule has 0 radical (unpaired) electrons. The standard InChI is InChI=1S/C15H18F2N2S/c1-3-6-18-14(15-9-20-10(2)19-15)7-11-4-5-12(16)8-13(11)17/h4-5,8-9,14,18H,3,6-7H2,1-2H3. The van der Waals surface area contributed by atoms with Crippen molar-refractivity contribution >= 4 is 11.3 Å². The Morgan fingerprint density at radius 3 is 2.75 bits per heavy atom. The van der Waals surface area contributed by atoms with Crippen LogP contribution in [0.4, 0.5) is 8.78 Å². The van der Waals surface area contributed by atoms with E-state index in [-0.39, 0.29) is 6.04 Å². The van der Waals surface area contributed by atoms with Gasteiger partial charge >= 0.3 is 0 Å². The molecule has 1 unspecified atom stereocenters. The van der Waals surface area contributed by atoms with Crippen LogP contribution in [0.5, 0.6) is 0 Å². The molecule has 0 aliphatic carbocycles. The zero-order chi connectivity index (χ0) is 14.5. The average molecular weight is 296 g/mol. The molecule has 0 bridgehead atoms. The highest BCUT2D eigenvalue weighted by molar-refractivity contribution is 7.09. The fourth-order valence-electron chi connectivity index (χ4n) is 2.05. The van der Waals surface area contributed by atoms with Gasteiger partial charge in [-0.05, 0) is 37.9 Å². The van der Waals surface area contributed by atoms with Crippen LogP contribution in [0.15, 0.2) is 23.6 Å². The molecule has 0 fully saturated rings. The predicted molar refractivity (Wildman–Crippen MR) is 77.9 cm³/mol. The summed E-state index contributed by atoms with van der Waals surface area (Å²) in [5.74, 6) is -1.05. The number of hydrogen-bond acceptors (Lipinski definition) is 3. The molecule has 0 saturated heterocycles. The molecule has 2 rings (SSSR count). The van der Waals surface area contributed by atoms with Crippen molar-refractivity contribution < 1.29 is 8.78 Å². The smallest absolute Gasteiger partial charge is 0.129 e. The Hall–Kier alpha value is -1.33. The molecular formula is C15H18F2N2S. The number of nitrogens with one attached hydrogen (secondary N) is 1. The van der Waals surface area contributed by atoms with E-state index in [0.717, 1.165) is 29.7 Å². The zero-order valence-corrected chi connectivity index (χ0v) is 12.4. The van der Waals surface area contributed by atoms with Crippen molar-refractivity contribution in [3.63, 3.8) is 0 Å². The highest BCUT2D eigenvalue weighted by Gasteiger charge is 2.16. The second-order valence-electron chi connectivity index (χ2n) is 4.74. The Labute approximate surface area is 121 Å². The van der Waals surface area contributed by atoms with Gasteiger partial charge in [-0.3, -0.25) is 0 Å². The lowest BCUT2D eigenvalue weighted by Crippen LogP contribution is -2.24. The summed E-state index contributed by atoms with van der Waals surface area (Å²) in [4.78, 5) is 4.47. The summed E-state index contributed by atoms with van der Waals surface area (Å²) < 4.78 is 26.7. The normalized spacial score (nSPS) is 12.6. The van der Waals surface area contributed by atoms with Crippen molar-refractivity contribution in [2.45, 2.75) is 32.7 Å². The Bertz CT molecular complexity index is 569. The van der Waals surface area contributed by atoms with Gasteiger partial charge < -0.3 is 5.32 Å². The van der Waals surface area contributed by atoms with E-state index in [1.807, 2.05) is 12.3 Å². The van der Waals surface area contributed by atoms with Crippen LogP contribution < -0.4 is 5.32 Å². The second-order valence-corrected chi connectivity index (χ2v) is 5.80. The van der Waals surface area contributed by atoms with Gasteiger partial charge in [0.05, 0.1) is 16.7 Å². The van der Waals surface area contributed by atoms with Gasteiger partial charge in [-0.25, -0.2) is 13.8 Å². The van der Waals surface area contributed by atoms with Gasteiger partial charge in [0.25, 0.3) is 0 Å². The molecule has 5 heteroatoms. The molecule has 0 amide bonds. The van der Waals surface area contributed by atoms with Crippen molar-refractivity contribution in [1.29, 1.82) is 0 Å². The molecule has 1 N–H and O–H groups in total. The molecule has 108 valence electrons. The molecule has 1 heterocycles. The summed E-state index contributed by atoms with van der Waals surface area (Å²) in [6.45, 7) is 4.86. The Kier molecular flexibility index (Phi) is 5.20. The van der Waals surface area contributed by atoms with Crippen LogP contribution in [0, 0.1) is 18.6 Å². The van der Waals surface area contributed by atoms with E-state index < -0.39 is 11.6 Å². The number of aryl methyl sites for hydroxylation is 1. The molecule has 0 spiro atoms. The molecule has 2 aromatic rings. The first-order valence-corrected chi connectivity index (χ1v) is 7.57. The van der Waals surface area contributed by atoms with Gasteiger partial charge in [-0.15, -0.1) is 11.3 Å². The number of hydrogen-bond donors (Lipinski definition) is 1. The van der Waals surface area contributed by atoms with Crippen LogP contribution in [0.3, 0.4) is 0 Å². The van der Waals surface area contributed by atoms with Gasteiger partial charge in [-0.2, -0.15) is 0 Å². The van der Waals surface area contributed by atoms with Crippen LogP contribution in [-0.2, 0) is 6.42 Å². The quantitative estimate of drug-likeness (QED) is 0.871. The number of benzene rings is 1. The summed E-state index contributed by atoms with van der Waals surface area (Å²) in [6, 6.07) is 3.69. The minimum atomic E-state index is -0.547. The van der Waals surface area contributed by atoms with Crippen LogP contribution in [0.2, 0.25) is 0 Å². The van der Waals surface area contributed by atoms with Crippen LogP contribution in [-0.4, -0.2) is 11.5 Å². The first-order valence-electron chi connectivity index (χ1n) is 6.69. The third-order valence-electron chi connectivity index (χ3n) is 3.07. The monoisotopic (exact) mass is 296 g/mol.